The molecule has 2 aliphatic rings. The third kappa shape index (κ3) is 5.11. The number of carbonyl (C=O) groups is 1. The van der Waals surface area contributed by atoms with Crippen molar-refractivity contribution < 1.29 is 4.79 Å². The lowest BCUT2D eigenvalue weighted by atomic mass is 9.85. The van der Waals surface area contributed by atoms with Crippen LogP contribution in [-0.2, 0) is 4.79 Å². The second kappa shape index (κ2) is 7.85. The van der Waals surface area contributed by atoms with Crippen molar-refractivity contribution in [2.24, 2.45) is 11.7 Å². The Morgan fingerprint density at radius 2 is 1.84 bits per heavy atom. The highest BCUT2D eigenvalue weighted by Gasteiger charge is 2.24. The molecule has 0 aromatic heterocycles. The molecular formula is C15H29N3O. The zero-order valence-corrected chi connectivity index (χ0v) is 12.1. The van der Waals surface area contributed by atoms with E-state index in [4.69, 9.17) is 5.73 Å². The number of nitrogens with one attached hydrogen (secondary N) is 1. The van der Waals surface area contributed by atoms with Crippen LogP contribution in [0.5, 0.6) is 0 Å². The summed E-state index contributed by atoms with van der Waals surface area (Å²) < 4.78 is 0. The highest BCUT2D eigenvalue weighted by molar-refractivity contribution is 5.78. The standard InChI is InChI=1S/C15H29N3O/c16-14-7-5-6-13(12-14)15(19)17-8-11-18-9-3-1-2-4-10-18/h13-14H,1-12,16H2,(H,17,19). The van der Waals surface area contributed by atoms with E-state index in [1.807, 2.05) is 0 Å². The van der Waals surface area contributed by atoms with Crippen LogP contribution in [0.3, 0.4) is 0 Å². The lowest BCUT2D eigenvalue weighted by Gasteiger charge is -2.26. The Hall–Kier alpha value is -0.610. The first-order valence-corrected chi connectivity index (χ1v) is 8.01. The largest absolute Gasteiger partial charge is 0.355 e. The van der Waals surface area contributed by atoms with Crippen LogP contribution in [0, 0.1) is 5.92 Å². The van der Waals surface area contributed by atoms with E-state index in [9.17, 15) is 4.79 Å². The molecule has 4 nitrogen and oxygen atoms in total. The summed E-state index contributed by atoms with van der Waals surface area (Å²) in [5, 5.41) is 3.10. The van der Waals surface area contributed by atoms with Crippen LogP contribution in [0.2, 0.25) is 0 Å². The van der Waals surface area contributed by atoms with E-state index < -0.39 is 0 Å². The Morgan fingerprint density at radius 1 is 1.11 bits per heavy atom. The van der Waals surface area contributed by atoms with E-state index in [0.29, 0.717) is 0 Å². The van der Waals surface area contributed by atoms with Gasteiger partial charge in [-0.25, -0.2) is 0 Å². The number of nitrogens with zero attached hydrogens (tertiary/aromatic N) is 1. The minimum absolute atomic E-state index is 0.160. The molecule has 2 atom stereocenters. The lowest BCUT2D eigenvalue weighted by Crippen LogP contribution is -2.41. The summed E-state index contributed by atoms with van der Waals surface area (Å²) in [5.74, 6) is 0.387. The van der Waals surface area contributed by atoms with Gasteiger partial charge in [-0.3, -0.25) is 4.79 Å². The summed E-state index contributed by atoms with van der Waals surface area (Å²) in [7, 11) is 0. The average Bonchev–Trinajstić information content (AvgIpc) is 2.67. The van der Waals surface area contributed by atoms with Crippen molar-refractivity contribution in [3.05, 3.63) is 0 Å². The van der Waals surface area contributed by atoms with Crippen LogP contribution < -0.4 is 11.1 Å². The zero-order valence-electron chi connectivity index (χ0n) is 12.1. The maximum atomic E-state index is 12.1. The number of hydrogen-bond acceptors (Lipinski definition) is 3. The van der Waals surface area contributed by atoms with Crippen molar-refractivity contribution in [1.82, 2.24) is 10.2 Å². The van der Waals surface area contributed by atoms with Crippen LogP contribution >= 0.6 is 0 Å². The van der Waals surface area contributed by atoms with Crippen LogP contribution in [0.4, 0.5) is 0 Å². The van der Waals surface area contributed by atoms with Crippen molar-refractivity contribution in [1.29, 1.82) is 0 Å². The first kappa shape index (κ1) is 14.8. The van der Waals surface area contributed by atoms with Gasteiger partial charge in [-0.05, 0) is 45.2 Å². The summed E-state index contributed by atoms with van der Waals surface area (Å²) >= 11 is 0. The molecule has 2 unspecified atom stereocenters. The molecular weight excluding hydrogens is 238 g/mol. The molecule has 0 radical (unpaired) electrons. The van der Waals surface area contributed by atoms with Gasteiger partial charge in [-0.2, -0.15) is 0 Å². The normalized spacial score (nSPS) is 29.7. The molecule has 0 spiro atoms. The topological polar surface area (TPSA) is 58.4 Å². The highest BCUT2D eigenvalue weighted by atomic mass is 16.1. The monoisotopic (exact) mass is 267 g/mol. The first-order valence-electron chi connectivity index (χ1n) is 8.01. The number of likely N-dealkylation sites (tertiary alicyclic amines) is 1. The molecule has 1 amide bonds. The fraction of sp³-hybridized carbons (Fsp3) is 0.933. The number of hydrogen-bond donors (Lipinski definition) is 2. The Kier molecular flexibility index (Phi) is 6.11. The third-order valence-corrected chi connectivity index (χ3v) is 4.51. The van der Waals surface area contributed by atoms with Crippen LogP contribution in [0.15, 0.2) is 0 Å². The van der Waals surface area contributed by atoms with E-state index in [2.05, 4.69) is 10.2 Å². The van der Waals surface area contributed by atoms with E-state index in [1.165, 1.54) is 38.8 Å². The predicted octanol–water partition coefficient (Wildman–Crippen LogP) is 1.50. The molecule has 0 bridgehead atoms. The molecule has 2 rings (SSSR count). The molecule has 1 aliphatic heterocycles. The number of carbonyl (C=O) groups excluding carboxylic acids is 1. The predicted molar refractivity (Wildman–Crippen MR) is 77.9 cm³/mol. The van der Waals surface area contributed by atoms with Gasteiger partial charge >= 0.3 is 0 Å². The minimum atomic E-state index is 0.160. The molecule has 110 valence electrons. The summed E-state index contributed by atoms with van der Waals surface area (Å²) in [5.41, 5.74) is 5.94. The van der Waals surface area contributed by atoms with E-state index in [-0.39, 0.29) is 17.9 Å². The fourth-order valence-electron chi connectivity index (χ4n) is 3.31. The van der Waals surface area contributed by atoms with Gasteiger partial charge in [0.1, 0.15) is 0 Å². The molecule has 0 aromatic carbocycles. The molecule has 0 aromatic rings. The van der Waals surface area contributed by atoms with Gasteiger partial charge in [-0.15, -0.1) is 0 Å². The average molecular weight is 267 g/mol. The van der Waals surface area contributed by atoms with Gasteiger partial charge < -0.3 is 16.0 Å². The maximum Gasteiger partial charge on any atom is 0.223 e. The smallest absolute Gasteiger partial charge is 0.223 e. The quantitative estimate of drug-likeness (QED) is 0.811. The maximum absolute atomic E-state index is 12.1. The molecule has 19 heavy (non-hydrogen) atoms. The SMILES string of the molecule is NC1CCCC(C(=O)NCCN2CCCCCC2)C1. The third-order valence-electron chi connectivity index (χ3n) is 4.51. The molecule has 3 N–H and O–H groups in total. The summed E-state index contributed by atoms with van der Waals surface area (Å²) in [6.07, 6.45) is 9.42. The molecule has 1 heterocycles. The van der Waals surface area contributed by atoms with Crippen molar-refractivity contribution >= 4 is 5.91 Å². The Labute approximate surface area is 117 Å². The van der Waals surface area contributed by atoms with Gasteiger partial charge in [0, 0.05) is 25.0 Å². The first-order chi connectivity index (χ1) is 9.25. The van der Waals surface area contributed by atoms with Crippen molar-refractivity contribution in [2.45, 2.75) is 57.4 Å². The Morgan fingerprint density at radius 3 is 2.53 bits per heavy atom. The summed E-state index contributed by atoms with van der Waals surface area (Å²) in [4.78, 5) is 14.6. The van der Waals surface area contributed by atoms with Crippen molar-refractivity contribution in [2.75, 3.05) is 26.2 Å². The molecule has 1 saturated heterocycles. The van der Waals surface area contributed by atoms with Gasteiger partial charge in [-0.1, -0.05) is 19.3 Å². The van der Waals surface area contributed by atoms with E-state index in [0.717, 1.165) is 38.8 Å². The molecule has 1 saturated carbocycles. The van der Waals surface area contributed by atoms with E-state index >= 15 is 0 Å². The zero-order chi connectivity index (χ0) is 13.5. The highest BCUT2D eigenvalue weighted by Crippen LogP contribution is 2.23. The summed E-state index contributed by atoms with van der Waals surface area (Å²) in [6, 6.07) is 0.232. The lowest BCUT2D eigenvalue weighted by molar-refractivity contribution is -0.126. The second-order valence-electron chi connectivity index (χ2n) is 6.17. The number of nitrogens with two attached hydrogens (primary N) is 1. The molecule has 2 fully saturated rings. The van der Waals surface area contributed by atoms with Crippen LogP contribution in [0.1, 0.15) is 51.4 Å². The number of rotatable bonds is 4. The summed E-state index contributed by atoms with van der Waals surface area (Å²) in [6.45, 7) is 4.20. The van der Waals surface area contributed by atoms with Gasteiger partial charge in [0.25, 0.3) is 0 Å². The Bertz CT molecular complexity index is 275. The molecule has 4 heteroatoms. The minimum Gasteiger partial charge on any atom is -0.355 e. The van der Waals surface area contributed by atoms with Crippen LogP contribution in [0.25, 0.3) is 0 Å². The fourth-order valence-corrected chi connectivity index (χ4v) is 3.31. The van der Waals surface area contributed by atoms with Gasteiger partial charge in [0.2, 0.25) is 5.91 Å². The van der Waals surface area contributed by atoms with Crippen molar-refractivity contribution in [3.8, 4) is 0 Å². The Balaban J connectivity index is 1.62. The van der Waals surface area contributed by atoms with Gasteiger partial charge in [0.05, 0.1) is 0 Å². The van der Waals surface area contributed by atoms with Crippen LogP contribution in [-0.4, -0.2) is 43.0 Å². The number of amides is 1. The molecule has 1 aliphatic carbocycles. The van der Waals surface area contributed by atoms with Crippen molar-refractivity contribution in [3.63, 3.8) is 0 Å². The second-order valence-corrected chi connectivity index (χ2v) is 6.17. The van der Waals surface area contributed by atoms with Gasteiger partial charge in [0.15, 0.2) is 0 Å². The van der Waals surface area contributed by atoms with E-state index in [1.54, 1.807) is 0 Å².